The second kappa shape index (κ2) is 4.84. The van der Waals surface area contributed by atoms with Gasteiger partial charge in [-0.1, -0.05) is 0 Å². The maximum absolute atomic E-state index is 7.33. The van der Waals surface area contributed by atoms with Gasteiger partial charge in [-0.2, -0.15) is 0 Å². The summed E-state index contributed by atoms with van der Waals surface area (Å²) < 4.78 is 0. The fraction of sp³-hybridized carbons (Fsp3) is 0. The first-order chi connectivity index (χ1) is 3.73. The first kappa shape index (κ1) is 11.8. The molecule has 0 radical (unpaired) electrons. The molecule has 0 fully saturated rings. The molecule has 0 saturated heterocycles. The molecule has 0 aromatic rings. The van der Waals surface area contributed by atoms with Gasteiger partial charge in [-0.05, 0) is 0 Å². The molecule has 9 heteroatoms. The molecule has 0 saturated carbocycles. The Balaban J connectivity index is 0. The topological polar surface area (TPSA) is 142 Å². The summed E-state index contributed by atoms with van der Waals surface area (Å²) in [7, 11) is -6.78. The first-order valence-corrected chi connectivity index (χ1v) is 3.46. The van der Waals surface area contributed by atoms with E-state index in [4.69, 9.17) is 34.3 Å². The van der Waals surface area contributed by atoms with Gasteiger partial charge in [0.05, 0.1) is 0 Å². The van der Waals surface area contributed by atoms with Gasteiger partial charge in [0.15, 0.2) is 0 Å². The Bertz CT molecular complexity index is 45.7. The van der Waals surface area contributed by atoms with Crippen LogP contribution in [0.15, 0.2) is 0 Å². The van der Waals surface area contributed by atoms with Crippen molar-refractivity contribution in [1.29, 1.82) is 0 Å². The van der Waals surface area contributed by atoms with E-state index in [2.05, 4.69) is 0 Å². The zero-order valence-corrected chi connectivity index (χ0v) is 5.21. The molecule has 9 heavy (non-hydrogen) atoms. The predicted molar refractivity (Wildman–Crippen MR) is 27.0 cm³/mol. The quantitative estimate of drug-likeness (QED) is 0.176. The van der Waals surface area contributed by atoms with E-state index >= 15 is 0 Å². The molecule has 0 amide bonds. The molecule has 0 heterocycles. The number of hydrogen-bond donors (Lipinski definition) is 7. The van der Waals surface area contributed by atoms with Crippen LogP contribution >= 0.6 is 0 Å². The van der Waals surface area contributed by atoms with Crippen LogP contribution in [-0.2, 0) is 0 Å². The van der Waals surface area contributed by atoms with Crippen LogP contribution in [0.5, 0.6) is 0 Å². The van der Waals surface area contributed by atoms with Gasteiger partial charge in [0.1, 0.15) is 0 Å². The van der Waals surface area contributed by atoms with Gasteiger partial charge in [0.2, 0.25) is 0 Å². The Kier molecular flexibility index (Phi) is 6.32. The van der Waals surface area contributed by atoms with Crippen molar-refractivity contribution in [2.45, 2.75) is 0 Å². The van der Waals surface area contributed by atoms with Gasteiger partial charge in [0.25, 0.3) is 0 Å². The lowest BCUT2D eigenvalue weighted by atomic mass is 10.3. The van der Waals surface area contributed by atoms with Crippen LogP contribution in [0.2, 0.25) is 0 Å². The van der Waals surface area contributed by atoms with Crippen LogP contribution in [0, 0.1) is 0 Å². The third-order valence-corrected chi connectivity index (χ3v) is 0. The maximum atomic E-state index is 7.33. The van der Waals surface area contributed by atoms with Crippen LogP contribution in [0.3, 0.4) is 0 Å². The van der Waals surface area contributed by atoms with E-state index in [1.165, 1.54) is 0 Å². The predicted octanol–water partition coefficient (Wildman–Crippen LogP) is -4.66. The van der Waals surface area contributed by atoms with Crippen molar-refractivity contribution in [2.75, 3.05) is 0 Å². The second-order valence-electron chi connectivity index (χ2n) is 0.946. The third kappa shape index (κ3) is 87200000. The molecule has 0 aliphatic carbocycles. The average Bonchev–Trinajstić information content (AvgIpc) is 1.19. The van der Waals surface area contributed by atoms with Gasteiger partial charge in [-0.25, -0.2) is 0 Å². The lowest BCUT2D eigenvalue weighted by Crippen LogP contribution is -2.33. The monoisotopic (exact) mass is 158 g/mol. The van der Waals surface area contributed by atoms with E-state index in [0.29, 0.717) is 0 Å². The molecule has 0 rings (SSSR count). The van der Waals surface area contributed by atoms with Crippen LogP contribution in [-0.4, -0.2) is 50.6 Å². The first-order valence-electron chi connectivity index (χ1n) is 1.67. The maximum Gasteiger partial charge on any atom is 0.668 e. The van der Waals surface area contributed by atoms with Crippen molar-refractivity contribution in [3.8, 4) is 0 Å². The molecule has 0 bridgehead atoms. The minimum Gasteiger partial charge on any atom is -0.402 e. The highest BCUT2D eigenvalue weighted by molar-refractivity contribution is 6.46. The Morgan fingerprint density at radius 1 is 0.778 bits per heavy atom. The molecule has 7 nitrogen and oxygen atoms in total. The van der Waals surface area contributed by atoms with E-state index in [0.717, 1.165) is 0 Å². The van der Waals surface area contributed by atoms with Gasteiger partial charge in [-0.3, -0.25) is 0 Å². The highest BCUT2D eigenvalue weighted by Crippen LogP contribution is 1.67. The summed E-state index contributed by atoms with van der Waals surface area (Å²) in [5, 5.41) is 21.5. The summed E-state index contributed by atoms with van der Waals surface area (Å²) in [6, 6.07) is 0. The molecular weight excluding hydrogens is 151 g/mol. The fourth-order valence-corrected chi connectivity index (χ4v) is 0. The SMILES string of the molecule is OB(O)O.O[Si](O)(O)O. The molecule has 56 valence electrons. The van der Waals surface area contributed by atoms with Crippen LogP contribution in [0.1, 0.15) is 0 Å². The molecule has 7 N–H and O–H groups in total. The van der Waals surface area contributed by atoms with E-state index in [1.54, 1.807) is 0 Å². The molecule has 0 spiro atoms. The summed E-state index contributed by atoms with van der Waals surface area (Å²) in [6.07, 6.45) is 0. The Labute approximate surface area is 51.7 Å². The van der Waals surface area contributed by atoms with Gasteiger partial charge < -0.3 is 34.3 Å². The lowest BCUT2D eigenvalue weighted by molar-refractivity contribution is 0.117. The highest BCUT2D eigenvalue weighted by Gasteiger charge is 2.22. The standard InChI is InChI=1S/BH3O3.H4O4Si/c2-1(3)4;1-5(2,3)4/h2-4H;1-4H. The van der Waals surface area contributed by atoms with E-state index in [9.17, 15) is 0 Å². The Hall–Kier alpha value is 0.00182. The van der Waals surface area contributed by atoms with Gasteiger partial charge in [0, 0.05) is 0 Å². The molecule has 0 aromatic carbocycles. The Morgan fingerprint density at radius 3 is 0.778 bits per heavy atom. The normalized spacial score (nSPS) is 9.67. The second-order valence-corrected chi connectivity index (χ2v) is 2.15. The van der Waals surface area contributed by atoms with Crippen molar-refractivity contribution in [2.24, 2.45) is 0 Å². The number of hydrogen-bond acceptors (Lipinski definition) is 7. The minimum absolute atomic E-state index is 2.17. The molecular formula is H7BO7Si. The average molecular weight is 158 g/mol. The third-order valence-electron chi connectivity index (χ3n) is 0. The summed E-state index contributed by atoms with van der Waals surface area (Å²) in [4.78, 5) is 29.3. The minimum atomic E-state index is -4.61. The van der Waals surface area contributed by atoms with E-state index < -0.39 is 16.4 Å². The fourth-order valence-electron chi connectivity index (χ4n) is 0. The molecule has 0 aliphatic heterocycles. The summed E-state index contributed by atoms with van der Waals surface area (Å²) in [6.45, 7) is 0. The summed E-state index contributed by atoms with van der Waals surface area (Å²) >= 11 is 0. The summed E-state index contributed by atoms with van der Waals surface area (Å²) in [5.41, 5.74) is 0. The molecule has 0 aromatic heterocycles. The van der Waals surface area contributed by atoms with E-state index in [-0.39, 0.29) is 0 Å². The molecule has 0 atom stereocenters. The lowest BCUT2D eigenvalue weighted by Gasteiger charge is -1.91. The molecule has 0 unspecified atom stereocenters. The largest absolute Gasteiger partial charge is 0.668 e. The molecule has 0 aliphatic rings. The zero-order chi connectivity index (χ0) is 8.08. The van der Waals surface area contributed by atoms with Crippen molar-refractivity contribution < 1.29 is 34.3 Å². The van der Waals surface area contributed by atoms with Crippen LogP contribution in [0.4, 0.5) is 0 Å². The van der Waals surface area contributed by atoms with Crippen LogP contribution in [0.25, 0.3) is 0 Å². The van der Waals surface area contributed by atoms with Crippen molar-refractivity contribution in [1.82, 2.24) is 0 Å². The van der Waals surface area contributed by atoms with Crippen molar-refractivity contribution >= 4 is 16.4 Å². The highest BCUT2D eigenvalue weighted by atomic mass is 28.4. The van der Waals surface area contributed by atoms with Crippen LogP contribution < -0.4 is 0 Å². The zero-order valence-electron chi connectivity index (χ0n) is 4.21. The number of rotatable bonds is 0. The van der Waals surface area contributed by atoms with Gasteiger partial charge in [-0.15, -0.1) is 0 Å². The van der Waals surface area contributed by atoms with E-state index in [1.807, 2.05) is 0 Å². The summed E-state index contributed by atoms with van der Waals surface area (Å²) in [5.74, 6) is 0. The Morgan fingerprint density at radius 2 is 0.778 bits per heavy atom. The van der Waals surface area contributed by atoms with Crippen molar-refractivity contribution in [3.63, 3.8) is 0 Å². The smallest absolute Gasteiger partial charge is 0.402 e. The van der Waals surface area contributed by atoms with Crippen molar-refractivity contribution in [3.05, 3.63) is 0 Å². The van der Waals surface area contributed by atoms with Gasteiger partial charge >= 0.3 is 16.4 Å².